The normalized spacial score (nSPS) is 12.6. The molecule has 0 aliphatic carbocycles. The lowest BCUT2D eigenvalue weighted by Crippen LogP contribution is -2.36. The molecule has 5 rings (SSSR count). The minimum atomic E-state index is -4.10. The zero-order valence-corrected chi connectivity index (χ0v) is 26.4. The van der Waals surface area contributed by atoms with E-state index in [2.05, 4.69) is 4.72 Å². The van der Waals surface area contributed by atoms with E-state index in [1.165, 1.54) is 36.4 Å². The van der Waals surface area contributed by atoms with Gasteiger partial charge in [-0.2, -0.15) is 0 Å². The molecule has 1 amide bonds. The number of carbonyl (C=O) groups excluding carboxylic acids is 1. The third-order valence-corrected chi connectivity index (χ3v) is 9.22. The zero-order chi connectivity index (χ0) is 31.3. The summed E-state index contributed by atoms with van der Waals surface area (Å²) in [6.07, 6.45) is 0. The smallest absolute Gasteiger partial charge is 0.261 e. The van der Waals surface area contributed by atoms with Gasteiger partial charge >= 0.3 is 0 Å². The summed E-state index contributed by atoms with van der Waals surface area (Å²) in [7, 11) is -4.10. The molecular formula is C35H30Cl2N2O4S. The molecule has 0 unspecified atom stereocenters. The third-order valence-electron chi connectivity index (χ3n) is 7.29. The first-order valence-electron chi connectivity index (χ1n) is 13.9. The van der Waals surface area contributed by atoms with E-state index in [1.54, 1.807) is 35.2 Å². The van der Waals surface area contributed by atoms with Crippen molar-refractivity contribution in [1.82, 2.24) is 4.90 Å². The van der Waals surface area contributed by atoms with Crippen LogP contribution in [0, 0.1) is 0 Å². The van der Waals surface area contributed by atoms with Crippen molar-refractivity contribution in [3.8, 4) is 11.5 Å². The number of nitrogens with zero attached hydrogens (tertiary/aromatic N) is 1. The SMILES string of the molecule is C[C@@H](c1ccccc1)N(C(=O)c1cc(Cl)ccc1NS(=O)(=O)c1ccc(Oc2ccccc2Cl)cc1)[C@@H](C)c1ccccc1. The van der Waals surface area contributed by atoms with E-state index in [-0.39, 0.29) is 34.1 Å². The van der Waals surface area contributed by atoms with Crippen molar-refractivity contribution in [3.63, 3.8) is 0 Å². The molecule has 44 heavy (non-hydrogen) atoms. The van der Waals surface area contributed by atoms with Crippen molar-refractivity contribution >= 4 is 44.8 Å². The van der Waals surface area contributed by atoms with Crippen LogP contribution >= 0.6 is 23.2 Å². The Labute approximate surface area is 267 Å². The average Bonchev–Trinajstić information content (AvgIpc) is 3.04. The molecule has 0 aliphatic heterocycles. The highest BCUT2D eigenvalue weighted by Gasteiger charge is 2.31. The van der Waals surface area contributed by atoms with Crippen LogP contribution < -0.4 is 9.46 Å². The van der Waals surface area contributed by atoms with E-state index in [4.69, 9.17) is 27.9 Å². The van der Waals surface area contributed by atoms with E-state index in [9.17, 15) is 13.2 Å². The maximum atomic E-state index is 14.4. The van der Waals surface area contributed by atoms with E-state index in [0.29, 0.717) is 21.5 Å². The Hall–Kier alpha value is -4.30. The van der Waals surface area contributed by atoms with Crippen LogP contribution in [-0.2, 0) is 10.0 Å². The van der Waals surface area contributed by atoms with Crippen molar-refractivity contribution in [2.45, 2.75) is 30.8 Å². The average molecular weight is 646 g/mol. The van der Waals surface area contributed by atoms with Gasteiger partial charge in [-0.3, -0.25) is 9.52 Å². The van der Waals surface area contributed by atoms with Crippen LogP contribution in [0.1, 0.15) is 47.4 Å². The summed E-state index contributed by atoms with van der Waals surface area (Å²) in [5.74, 6) is 0.493. The van der Waals surface area contributed by atoms with Crippen LogP contribution in [-0.4, -0.2) is 19.2 Å². The highest BCUT2D eigenvalue weighted by atomic mass is 35.5. The van der Waals surface area contributed by atoms with Crippen molar-refractivity contribution < 1.29 is 17.9 Å². The molecule has 6 nitrogen and oxygen atoms in total. The molecule has 0 bridgehead atoms. The number of rotatable bonds is 10. The molecule has 9 heteroatoms. The molecule has 0 spiro atoms. The number of halogens is 2. The molecule has 0 aromatic heterocycles. The summed E-state index contributed by atoms with van der Waals surface area (Å²) in [6, 6.07) is 36.1. The van der Waals surface area contributed by atoms with Crippen LogP contribution in [0.3, 0.4) is 0 Å². The van der Waals surface area contributed by atoms with Crippen LogP contribution in [0.5, 0.6) is 11.5 Å². The second-order valence-electron chi connectivity index (χ2n) is 10.2. The topological polar surface area (TPSA) is 75.7 Å². The first kappa shape index (κ1) is 31.1. The quantitative estimate of drug-likeness (QED) is 0.164. The third kappa shape index (κ3) is 7.08. The molecule has 0 fully saturated rings. The van der Waals surface area contributed by atoms with Crippen LogP contribution in [0.4, 0.5) is 5.69 Å². The number of nitrogens with one attached hydrogen (secondary N) is 1. The molecule has 224 valence electrons. The minimum absolute atomic E-state index is 0.00970. The fourth-order valence-corrected chi connectivity index (χ4v) is 6.36. The number of anilines is 1. The van der Waals surface area contributed by atoms with Gasteiger partial charge in [-0.15, -0.1) is 0 Å². The molecule has 0 saturated heterocycles. The van der Waals surface area contributed by atoms with Crippen LogP contribution in [0.2, 0.25) is 10.0 Å². The van der Waals surface area contributed by atoms with Crippen LogP contribution in [0.15, 0.2) is 132 Å². The van der Waals surface area contributed by atoms with Gasteiger partial charge in [0, 0.05) is 5.02 Å². The number of carbonyl (C=O) groups is 1. The molecule has 0 heterocycles. The number of sulfonamides is 1. The number of hydrogen-bond acceptors (Lipinski definition) is 4. The number of hydrogen-bond donors (Lipinski definition) is 1. The van der Waals surface area contributed by atoms with Crippen molar-refractivity contribution in [1.29, 1.82) is 0 Å². The summed E-state index contributed by atoms with van der Waals surface area (Å²) in [5, 5.41) is 0.736. The zero-order valence-electron chi connectivity index (χ0n) is 24.0. The largest absolute Gasteiger partial charge is 0.456 e. The van der Waals surface area contributed by atoms with Gasteiger partial charge in [0.15, 0.2) is 0 Å². The minimum Gasteiger partial charge on any atom is -0.456 e. The fraction of sp³-hybridized carbons (Fsp3) is 0.114. The van der Waals surface area contributed by atoms with Gasteiger partial charge in [-0.1, -0.05) is 96.0 Å². The van der Waals surface area contributed by atoms with Gasteiger partial charge in [0.1, 0.15) is 11.5 Å². The molecule has 5 aromatic carbocycles. The Morgan fingerprint density at radius 2 is 1.27 bits per heavy atom. The monoisotopic (exact) mass is 644 g/mol. The van der Waals surface area contributed by atoms with Crippen molar-refractivity contribution in [2.24, 2.45) is 0 Å². The highest BCUT2D eigenvalue weighted by Crippen LogP contribution is 2.35. The summed E-state index contributed by atoms with van der Waals surface area (Å²) in [4.78, 5) is 16.2. The molecule has 0 aliphatic rings. The maximum absolute atomic E-state index is 14.4. The first-order valence-corrected chi connectivity index (χ1v) is 16.2. The number of amides is 1. The molecule has 1 N–H and O–H groups in total. The predicted octanol–water partition coefficient (Wildman–Crippen LogP) is 9.55. The van der Waals surface area contributed by atoms with E-state index < -0.39 is 10.0 Å². The summed E-state index contributed by atoms with van der Waals surface area (Å²) >= 11 is 12.5. The second kappa shape index (κ2) is 13.6. The van der Waals surface area contributed by atoms with Gasteiger partial charge in [0.05, 0.1) is 33.3 Å². The Kier molecular flexibility index (Phi) is 9.59. The summed E-state index contributed by atoms with van der Waals surface area (Å²) in [5.41, 5.74) is 2.12. The highest BCUT2D eigenvalue weighted by molar-refractivity contribution is 7.92. The van der Waals surface area contributed by atoms with E-state index in [0.717, 1.165) is 11.1 Å². The maximum Gasteiger partial charge on any atom is 0.261 e. The van der Waals surface area contributed by atoms with Gasteiger partial charge in [-0.05, 0) is 79.6 Å². The molecular weight excluding hydrogens is 615 g/mol. The predicted molar refractivity (Wildman–Crippen MR) is 176 cm³/mol. The van der Waals surface area contributed by atoms with E-state index >= 15 is 0 Å². The van der Waals surface area contributed by atoms with Crippen LogP contribution in [0.25, 0.3) is 0 Å². The fourth-order valence-electron chi connectivity index (χ4n) is 4.94. The van der Waals surface area contributed by atoms with Gasteiger partial charge < -0.3 is 9.64 Å². The van der Waals surface area contributed by atoms with Crippen molar-refractivity contribution in [3.05, 3.63) is 154 Å². The van der Waals surface area contributed by atoms with Gasteiger partial charge in [0.2, 0.25) is 0 Å². The first-order chi connectivity index (χ1) is 21.1. The Balaban J connectivity index is 1.47. The van der Waals surface area contributed by atoms with Gasteiger partial charge in [0.25, 0.3) is 15.9 Å². The lowest BCUT2D eigenvalue weighted by atomic mass is 9.99. The lowest BCUT2D eigenvalue weighted by molar-refractivity contribution is 0.0605. The number of ether oxygens (including phenoxy) is 1. The second-order valence-corrected chi connectivity index (χ2v) is 12.7. The molecule has 2 atom stereocenters. The number of para-hydroxylation sites is 1. The number of benzene rings is 5. The Morgan fingerprint density at radius 3 is 1.84 bits per heavy atom. The summed E-state index contributed by atoms with van der Waals surface area (Å²) < 4.78 is 35.5. The molecule has 0 saturated carbocycles. The Morgan fingerprint density at radius 1 is 0.727 bits per heavy atom. The Bertz CT molecular complexity index is 1810. The van der Waals surface area contributed by atoms with E-state index in [1.807, 2.05) is 74.5 Å². The van der Waals surface area contributed by atoms with Gasteiger partial charge in [-0.25, -0.2) is 8.42 Å². The van der Waals surface area contributed by atoms with Crippen molar-refractivity contribution in [2.75, 3.05) is 4.72 Å². The summed E-state index contributed by atoms with van der Waals surface area (Å²) in [6.45, 7) is 3.90. The molecule has 5 aromatic rings. The lowest BCUT2D eigenvalue weighted by Gasteiger charge is -2.36. The standard InChI is InChI=1S/C35H30Cl2N2O4S/c1-24(26-11-5-3-6-12-26)39(25(2)27-13-7-4-8-14-27)35(40)31-23-28(36)17-22-33(31)38-44(41,42)30-20-18-29(19-21-30)43-34-16-10-9-15-32(34)37/h3-25,38H,1-2H3/t24-,25-/m0/s1. The molecule has 0 radical (unpaired) electrons.